The fourth-order valence-electron chi connectivity index (χ4n) is 3.37. The van der Waals surface area contributed by atoms with Crippen LogP contribution >= 0.6 is 11.6 Å². The van der Waals surface area contributed by atoms with E-state index in [0.717, 1.165) is 12.0 Å². The molecular weight excluding hydrogens is 430 g/mol. The summed E-state index contributed by atoms with van der Waals surface area (Å²) in [6.07, 6.45) is 1.53. The third kappa shape index (κ3) is 5.95. The summed E-state index contributed by atoms with van der Waals surface area (Å²) >= 11 is 5.98. The third-order valence-electron chi connectivity index (χ3n) is 4.91. The van der Waals surface area contributed by atoms with Gasteiger partial charge >= 0.3 is 5.97 Å². The fourth-order valence-corrected chi connectivity index (χ4v) is 3.49. The molecule has 1 amide bonds. The van der Waals surface area contributed by atoms with E-state index in [9.17, 15) is 14.4 Å². The van der Waals surface area contributed by atoms with Crippen LogP contribution in [0.1, 0.15) is 44.5 Å². The first kappa shape index (κ1) is 23.5. The molecule has 3 rings (SSSR count). The Balaban J connectivity index is 1.88. The lowest BCUT2D eigenvalue weighted by Crippen LogP contribution is -2.26. The van der Waals surface area contributed by atoms with Crippen LogP contribution in [-0.4, -0.2) is 28.0 Å². The topological polar surface area (TPSA) is 90.3 Å². The van der Waals surface area contributed by atoms with E-state index in [1.807, 2.05) is 19.1 Å². The van der Waals surface area contributed by atoms with E-state index in [-0.39, 0.29) is 30.9 Å². The summed E-state index contributed by atoms with van der Waals surface area (Å²) < 4.78 is 6.50. The quantitative estimate of drug-likeness (QED) is 0.485. The first-order valence-corrected chi connectivity index (χ1v) is 11.0. The molecule has 0 saturated heterocycles. The summed E-state index contributed by atoms with van der Waals surface area (Å²) in [7, 11) is 0. The highest BCUT2D eigenvalue weighted by atomic mass is 35.5. The summed E-state index contributed by atoms with van der Waals surface area (Å²) in [4.78, 5) is 41.7. The lowest BCUT2D eigenvalue weighted by Gasteiger charge is -2.14. The second kappa shape index (κ2) is 10.9. The van der Waals surface area contributed by atoms with Crippen LogP contribution in [0.5, 0.6) is 0 Å². The number of halogens is 1. The van der Waals surface area contributed by atoms with Crippen LogP contribution in [0.25, 0.3) is 10.9 Å². The zero-order chi connectivity index (χ0) is 23.1. The molecule has 1 heterocycles. The Morgan fingerprint density at radius 1 is 1.09 bits per heavy atom. The number of esters is 1. The van der Waals surface area contributed by atoms with E-state index < -0.39 is 5.97 Å². The van der Waals surface area contributed by atoms with Crippen molar-refractivity contribution in [3.63, 3.8) is 0 Å². The third-order valence-corrected chi connectivity index (χ3v) is 5.16. The molecule has 0 aliphatic carbocycles. The van der Waals surface area contributed by atoms with Crippen LogP contribution in [-0.2, 0) is 27.3 Å². The molecule has 3 aromatic rings. The predicted molar refractivity (Wildman–Crippen MR) is 125 cm³/mol. The van der Waals surface area contributed by atoms with Crippen LogP contribution in [0.4, 0.5) is 5.69 Å². The highest BCUT2D eigenvalue weighted by Gasteiger charge is 2.13. The molecule has 0 spiro atoms. The van der Waals surface area contributed by atoms with Crippen molar-refractivity contribution in [2.45, 2.75) is 46.1 Å². The number of anilines is 1. The van der Waals surface area contributed by atoms with Gasteiger partial charge in [0.05, 0.1) is 30.5 Å². The average Bonchev–Trinajstić information content (AvgIpc) is 2.77. The fraction of sp³-hybridized carbons (Fsp3) is 0.333. The Morgan fingerprint density at radius 2 is 1.84 bits per heavy atom. The van der Waals surface area contributed by atoms with Crippen molar-refractivity contribution in [2.75, 3.05) is 11.9 Å². The maximum Gasteiger partial charge on any atom is 0.306 e. The van der Waals surface area contributed by atoms with Gasteiger partial charge in [-0.3, -0.25) is 19.0 Å². The number of rotatable bonds is 9. The molecule has 7 nitrogen and oxygen atoms in total. The second-order valence-electron chi connectivity index (χ2n) is 7.38. The van der Waals surface area contributed by atoms with Gasteiger partial charge in [0.15, 0.2) is 0 Å². The van der Waals surface area contributed by atoms with Gasteiger partial charge in [-0.05, 0) is 49.2 Å². The highest BCUT2D eigenvalue weighted by Crippen LogP contribution is 2.18. The standard InChI is InChI=1S/C24H26ClN3O4/c1-3-5-21-27-20-11-10-18(26-22(29)12-13-23(30)32-4-2)14-19(20)24(31)28(21)15-16-6-8-17(25)9-7-16/h6-11,14H,3-5,12-13,15H2,1-2H3,(H,26,29). The number of aryl methyl sites for hydroxylation is 1. The summed E-state index contributed by atoms with van der Waals surface area (Å²) in [5, 5.41) is 3.79. The Bertz CT molecular complexity index is 1170. The molecule has 2 aromatic carbocycles. The molecule has 0 aliphatic rings. The van der Waals surface area contributed by atoms with Gasteiger partial charge in [0.1, 0.15) is 5.82 Å². The molecule has 0 radical (unpaired) electrons. The van der Waals surface area contributed by atoms with E-state index in [2.05, 4.69) is 5.32 Å². The molecule has 0 bridgehead atoms. The van der Waals surface area contributed by atoms with E-state index in [0.29, 0.717) is 40.4 Å². The summed E-state index contributed by atoms with van der Waals surface area (Å²) in [6, 6.07) is 12.4. The molecule has 8 heteroatoms. The Hall–Kier alpha value is -3.19. The molecule has 168 valence electrons. The Morgan fingerprint density at radius 3 is 2.53 bits per heavy atom. The number of nitrogens with one attached hydrogen (secondary N) is 1. The van der Waals surface area contributed by atoms with Crippen molar-refractivity contribution < 1.29 is 14.3 Å². The van der Waals surface area contributed by atoms with Crippen molar-refractivity contribution in [3.05, 3.63) is 69.2 Å². The summed E-state index contributed by atoms with van der Waals surface area (Å²) in [6.45, 7) is 4.41. The van der Waals surface area contributed by atoms with Gasteiger partial charge in [-0.1, -0.05) is 30.7 Å². The molecule has 32 heavy (non-hydrogen) atoms. The minimum atomic E-state index is -0.418. The van der Waals surface area contributed by atoms with E-state index >= 15 is 0 Å². The largest absolute Gasteiger partial charge is 0.466 e. The van der Waals surface area contributed by atoms with Crippen LogP contribution < -0.4 is 10.9 Å². The van der Waals surface area contributed by atoms with E-state index in [1.54, 1.807) is 41.8 Å². The van der Waals surface area contributed by atoms with Gasteiger partial charge in [-0.2, -0.15) is 0 Å². The number of carbonyl (C=O) groups excluding carboxylic acids is 2. The minimum absolute atomic E-state index is 0.00306. The van der Waals surface area contributed by atoms with Crippen LogP contribution in [0, 0.1) is 0 Å². The molecule has 1 aromatic heterocycles. The number of carbonyl (C=O) groups is 2. The molecule has 0 aliphatic heterocycles. The summed E-state index contributed by atoms with van der Waals surface area (Å²) in [5.41, 5.74) is 1.83. The van der Waals surface area contributed by atoms with E-state index in [1.165, 1.54) is 0 Å². The molecule has 1 N–H and O–H groups in total. The zero-order valence-electron chi connectivity index (χ0n) is 18.2. The first-order chi connectivity index (χ1) is 15.4. The van der Waals surface area contributed by atoms with Crippen molar-refractivity contribution in [3.8, 4) is 0 Å². The lowest BCUT2D eigenvalue weighted by molar-refractivity contribution is -0.144. The number of aromatic nitrogens is 2. The van der Waals surface area contributed by atoms with Crippen molar-refractivity contribution in [1.82, 2.24) is 9.55 Å². The molecule has 0 saturated carbocycles. The highest BCUT2D eigenvalue weighted by molar-refractivity contribution is 6.30. The second-order valence-corrected chi connectivity index (χ2v) is 7.82. The van der Waals surface area contributed by atoms with Crippen molar-refractivity contribution >= 4 is 40.1 Å². The Kier molecular flexibility index (Phi) is 8.00. The monoisotopic (exact) mass is 455 g/mol. The predicted octanol–water partition coefficient (Wildman–Crippen LogP) is 4.33. The van der Waals surface area contributed by atoms with Gasteiger partial charge < -0.3 is 10.1 Å². The number of hydrogen-bond donors (Lipinski definition) is 1. The molecule has 0 fully saturated rings. The molecule has 0 atom stereocenters. The van der Waals surface area contributed by atoms with Gasteiger partial charge in [-0.15, -0.1) is 0 Å². The maximum absolute atomic E-state index is 13.3. The maximum atomic E-state index is 13.3. The average molecular weight is 456 g/mol. The van der Waals surface area contributed by atoms with Gasteiger partial charge in [0.25, 0.3) is 5.56 Å². The smallest absolute Gasteiger partial charge is 0.306 e. The summed E-state index contributed by atoms with van der Waals surface area (Å²) in [5.74, 6) is -0.0282. The Labute approximate surface area is 191 Å². The number of hydrogen-bond acceptors (Lipinski definition) is 5. The van der Waals surface area contributed by atoms with Gasteiger partial charge in [0.2, 0.25) is 5.91 Å². The van der Waals surface area contributed by atoms with Crippen molar-refractivity contribution in [2.24, 2.45) is 0 Å². The lowest BCUT2D eigenvalue weighted by atomic mass is 10.1. The molecule has 0 unspecified atom stereocenters. The van der Waals surface area contributed by atoms with Crippen LogP contribution in [0.2, 0.25) is 5.02 Å². The minimum Gasteiger partial charge on any atom is -0.466 e. The number of nitrogens with zero attached hydrogens (tertiary/aromatic N) is 2. The number of fused-ring (bicyclic) bond motifs is 1. The normalized spacial score (nSPS) is 10.8. The number of ether oxygens (including phenoxy) is 1. The van der Waals surface area contributed by atoms with Crippen LogP contribution in [0.15, 0.2) is 47.3 Å². The molecular formula is C24H26ClN3O4. The SMILES string of the molecule is CCCc1nc2ccc(NC(=O)CCC(=O)OCC)cc2c(=O)n1Cc1ccc(Cl)cc1. The van der Waals surface area contributed by atoms with Gasteiger partial charge in [0, 0.05) is 23.6 Å². The van der Waals surface area contributed by atoms with E-state index in [4.69, 9.17) is 21.3 Å². The van der Waals surface area contributed by atoms with Gasteiger partial charge in [-0.25, -0.2) is 4.98 Å². The first-order valence-electron chi connectivity index (χ1n) is 10.6. The number of amides is 1. The van der Waals surface area contributed by atoms with Crippen molar-refractivity contribution in [1.29, 1.82) is 0 Å². The zero-order valence-corrected chi connectivity index (χ0v) is 18.9. The number of benzene rings is 2. The van der Waals surface area contributed by atoms with Crippen LogP contribution in [0.3, 0.4) is 0 Å².